The highest BCUT2D eigenvalue weighted by Gasteiger charge is 1.96. The van der Waals surface area contributed by atoms with Crippen LogP contribution in [-0.2, 0) is 6.61 Å². The predicted octanol–water partition coefficient (Wildman–Crippen LogP) is 2.78. The lowest BCUT2D eigenvalue weighted by Crippen LogP contribution is -1.90. The van der Waals surface area contributed by atoms with Gasteiger partial charge in [0.2, 0.25) is 0 Å². The zero-order valence-corrected chi connectivity index (χ0v) is 7.90. The number of rotatable bonds is 3. The third-order valence-electron chi connectivity index (χ3n) is 1.37. The van der Waals surface area contributed by atoms with Gasteiger partial charge >= 0.3 is 0 Å². The van der Waals surface area contributed by atoms with Gasteiger partial charge in [-0.1, -0.05) is 6.07 Å². The molecule has 0 aliphatic carbocycles. The number of ether oxygens (including phenoxy) is 1. The molecule has 0 saturated carbocycles. The summed E-state index contributed by atoms with van der Waals surface area (Å²) in [4.78, 5) is 1.24. The summed E-state index contributed by atoms with van der Waals surface area (Å²) >= 11 is 3.11. The van der Waals surface area contributed by atoms with Crippen molar-refractivity contribution in [3.8, 4) is 5.75 Å². The minimum Gasteiger partial charge on any atom is -0.486 e. The van der Waals surface area contributed by atoms with E-state index in [1.54, 1.807) is 17.5 Å². The Morgan fingerprint density at radius 3 is 3.17 bits per heavy atom. The Labute approximate surface area is 78.6 Å². The quantitative estimate of drug-likeness (QED) is 0.754. The van der Waals surface area contributed by atoms with Crippen molar-refractivity contribution in [1.82, 2.24) is 4.37 Å². The van der Waals surface area contributed by atoms with E-state index in [0.29, 0.717) is 6.61 Å². The summed E-state index contributed by atoms with van der Waals surface area (Å²) in [5.41, 5.74) is 0. The maximum atomic E-state index is 5.45. The highest BCUT2D eigenvalue weighted by molar-refractivity contribution is 7.09. The Bertz CT molecular complexity index is 280. The third kappa shape index (κ3) is 1.84. The second-order valence-electron chi connectivity index (χ2n) is 2.23. The molecule has 2 nitrogen and oxygen atoms in total. The average Bonchev–Trinajstić information content (AvgIpc) is 2.74. The van der Waals surface area contributed by atoms with Gasteiger partial charge in [-0.05, 0) is 23.0 Å². The van der Waals surface area contributed by atoms with Gasteiger partial charge in [-0.25, -0.2) is 0 Å². The van der Waals surface area contributed by atoms with Crippen molar-refractivity contribution in [2.24, 2.45) is 0 Å². The minimum atomic E-state index is 0.649. The molecule has 0 atom stereocenters. The lowest BCUT2D eigenvalue weighted by molar-refractivity contribution is 0.310. The highest BCUT2D eigenvalue weighted by atomic mass is 32.1. The van der Waals surface area contributed by atoms with Gasteiger partial charge in [0.15, 0.2) is 5.75 Å². The van der Waals surface area contributed by atoms with E-state index in [0.717, 1.165) is 5.75 Å². The fraction of sp³-hybridized carbons (Fsp3) is 0.125. The van der Waals surface area contributed by atoms with Crippen LogP contribution in [0.2, 0.25) is 0 Å². The Hall–Kier alpha value is -0.870. The molecule has 0 N–H and O–H groups in total. The van der Waals surface area contributed by atoms with E-state index in [4.69, 9.17) is 4.74 Å². The van der Waals surface area contributed by atoms with Crippen LogP contribution in [0.5, 0.6) is 5.75 Å². The summed E-state index contributed by atoms with van der Waals surface area (Å²) in [6.07, 6.45) is 1.73. The van der Waals surface area contributed by atoms with Crippen LogP contribution in [-0.4, -0.2) is 4.37 Å². The number of aromatic nitrogens is 1. The molecule has 2 aromatic rings. The maximum Gasteiger partial charge on any atom is 0.150 e. The Kier molecular flexibility index (Phi) is 2.39. The lowest BCUT2D eigenvalue weighted by Gasteiger charge is -1.98. The summed E-state index contributed by atoms with van der Waals surface area (Å²) in [5, 5.41) is 3.94. The van der Waals surface area contributed by atoms with Gasteiger partial charge in [0.1, 0.15) is 6.61 Å². The molecule has 0 unspecified atom stereocenters. The molecule has 0 fully saturated rings. The van der Waals surface area contributed by atoms with Gasteiger partial charge in [-0.3, -0.25) is 0 Å². The molecule has 12 heavy (non-hydrogen) atoms. The van der Waals surface area contributed by atoms with Gasteiger partial charge in [0.25, 0.3) is 0 Å². The Balaban J connectivity index is 1.91. The topological polar surface area (TPSA) is 22.1 Å². The van der Waals surface area contributed by atoms with Crippen molar-refractivity contribution in [2.45, 2.75) is 6.61 Å². The van der Waals surface area contributed by atoms with Crippen LogP contribution in [0.3, 0.4) is 0 Å². The number of thiophene rings is 1. The van der Waals surface area contributed by atoms with Crippen molar-refractivity contribution >= 4 is 22.9 Å². The minimum absolute atomic E-state index is 0.649. The Morgan fingerprint density at radius 1 is 1.50 bits per heavy atom. The first-order valence-electron chi connectivity index (χ1n) is 3.50. The van der Waals surface area contributed by atoms with E-state index in [1.807, 2.05) is 16.8 Å². The molecule has 0 aromatic carbocycles. The van der Waals surface area contributed by atoms with Crippen LogP contribution >= 0.6 is 22.9 Å². The van der Waals surface area contributed by atoms with E-state index in [2.05, 4.69) is 10.4 Å². The summed E-state index contributed by atoms with van der Waals surface area (Å²) in [7, 11) is 0. The lowest BCUT2D eigenvalue weighted by atomic mass is 10.5. The van der Waals surface area contributed by atoms with Gasteiger partial charge in [-0.15, -0.1) is 11.3 Å². The average molecular weight is 197 g/mol. The number of nitrogens with zero attached hydrogens (tertiary/aromatic N) is 1. The van der Waals surface area contributed by atoms with Crippen molar-refractivity contribution in [1.29, 1.82) is 0 Å². The molecule has 0 saturated heterocycles. The van der Waals surface area contributed by atoms with E-state index in [-0.39, 0.29) is 0 Å². The molecule has 2 heterocycles. The van der Waals surface area contributed by atoms with E-state index in [1.165, 1.54) is 16.4 Å². The molecular formula is C8H7NOS2. The fourth-order valence-electron chi connectivity index (χ4n) is 0.816. The monoisotopic (exact) mass is 197 g/mol. The van der Waals surface area contributed by atoms with E-state index >= 15 is 0 Å². The maximum absolute atomic E-state index is 5.45. The molecule has 0 aliphatic rings. The van der Waals surface area contributed by atoms with Crippen molar-refractivity contribution in [2.75, 3.05) is 0 Å². The molecule has 2 rings (SSSR count). The zero-order chi connectivity index (χ0) is 8.23. The first kappa shape index (κ1) is 7.76. The Morgan fingerprint density at radius 2 is 2.50 bits per heavy atom. The van der Waals surface area contributed by atoms with Crippen molar-refractivity contribution in [3.63, 3.8) is 0 Å². The normalized spacial score (nSPS) is 10.0. The zero-order valence-electron chi connectivity index (χ0n) is 6.27. The molecule has 0 amide bonds. The molecule has 0 radical (unpaired) electrons. The highest BCUT2D eigenvalue weighted by Crippen LogP contribution is 2.15. The molecule has 62 valence electrons. The van der Waals surface area contributed by atoms with Gasteiger partial charge in [0.05, 0.1) is 11.6 Å². The number of hydrogen-bond acceptors (Lipinski definition) is 4. The van der Waals surface area contributed by atoms with Crippen LogP contribution in [0, 0.1) is 0 Å². The second-order valence-corrected chi connectivity index (χ2v) is 3.92. The molecule has 4 heteroatoms. The predicted molar refractivity (Wildman–Crippen MR) is 50.8 cm³/mol. The summed E-state index contributed by atoms with van der Waals surface area (Å²) in [6.45, 7) is 0.649. The standard InChI is InChI=1S/C8H7NOS2/c1-2-8(11-3-1)5-10-7-4-9-12-6-7/h1-4,6H,5H2. The number of hydrogen-bond donors (Lipinski definition) is 0. The first-order chi connectivity index (χ1) is 5.95. The third-order valence-corrected chi connectivity index (χ3v) is 2.79. The van der Waals surface area contributed by atoms with E-state index < -0.39 is 0 Å². The molecule has 0 bridgehead atoms. The van der Waals surface area contributed by atoms with Gasteiger partial charge < -0.3 is 4.74 Å². The fourth-order valence-corrected chi connectivity index (χ4v) is 1.89. The largest absolute Gasteiger partial charge is 0.486 e. The molecular weight excluding hydrogens is 190 g/mol. The van der Waals surface area contributed by atoms with Crippen molar-refractivity contribution in [3.05, 3.63) is 34.0 Å². The molecule has 0 aliphatic heterocycles. The SMILES string of the molecule is c1csc(COc2cnsc2)c1. The van der Waals surface area contributed by atoms with Crippen LogP contribution in [0.25, 0.3) is 0 Å². The smallest absolute Gasteiger partial charge is 0.150 e. The van der Waals surface area contributed by atoms with Gasteiger partial charge in [-0.2, -0.15) is 4.37 Å². The molecule has 2 aromatic heterocycles. The van der Waals surface area contributed by atoms with Crippen LogP contribution in [0.4, 0.5) is 0 Å². The van der Waals surface area contributed by atoms with Crippen LogP contribution in [0.15, 0.2) is 29.1 Å². The van der Waals surface area contributed by atoms with Crippen LogP contribution in [0.1, 0.15) is 4.88 Å². The van der Waals surface area contributed by atoms with E-state index in [9.17, 15) is 0 Å². The summed E-state index contributed by atoms with van der Waals surface area (Å²) in [5.74, 6) is 0.855. The molecule has 0 spiro atoms. The van der Waals surface area contributed by atoms with Crippen molar-refractivity contribution < 1.29 is 4.74 Å². The second kappa shape index (κ2) is 3.69. The first-order valence-corrected chi connectivity index (χ1v) is 5.21. The van der Waals surface area contributed by atoms with Gasteiger partial charge in [0, 0.05) is 4.88 Å². The summed E-state index contributed by atoms with van der Waals surface area (Å²) in [6, 6.07) is 4.08. The summed E-state index contributed by atoms with van der Waals surface area (Å²) < 4.78 is 9.39. The van der Waals surface area contributed by atoms with Crippen LogP contribution < -0.4 is 4.74 Å².